The SMILES string of the molecule is CCCOc1cccc(CNC(CC)(CO)CO)c1. The molecule has 0 bridgehead atoms. The molecule has 0 radical (unpaired) electrons. The van der Waals surface area contributed by atoms with Gasteiger partial charge in [-0.25, -0.2) is 0 Å². The van der Waals surface area contributed by atoms with Gasteiger partial charge < -0.3 is 20.3 Å². The van der Waals surface area contributed by atoms with E-state index in [0.717, 1.165) is 17.7 Å². The van der Waals surface area contributed by atoms with Gasteiger partial charge in [-0.3, -0.25) is 0 Å². The average molecular weight is 267 g/mol. The number of aliphatic hydroxyl groups excluding tert-OH is 2. The zero-order valence-corrected chi connectivity index (χ0v) is 11.9. The lowest BCUT2D eigenvalue weighted by Gasteiger charge is -2.30. The zero-order valence-electron chi connectivity index (χ0n) is 11.9. The molecule has 1 aromatic rings. The minimum absolute atomic E-state index is 0.0774. The van der Waals surface area contributed by atoms with E-state index in [1.165, 1.54) is 0 Å². The zero-order chi connectivity index (χ0) is 14.1. The maximum Gasteiger partial charge on any atom is 0.119 e. The van der Waals surface area contributed by atoms with Crippen molar-refractivity contribution in [1.29, 1.82) is 0 Å². The van der Waals surface area contributed by atoms with Gasteiger partial charge in [0, 0.05) is 6.54 Å². The van der Waals surface area contributed by atoms with Crippen molar-refractivity contribution in [2.75, 3.05) is 19.8 Å². The van der Waals surface area contributed by atoms with Gasteiger partial charge in [0.15, 0.2) is 0 Å². The van der Waals surface area contributed by atoms with Crippen LogP contribution < -0.4 is 10.1 Å². The molecular formula is C15H25NO3. The molecule has 0 fully saturated rings. The van der Waals surface area contributed by atoms with Crippen LogP contribution in [0.5, 0.6) is 5.75 Å². The minimum atomic E-state index is -0.611. The molecule has 0 aliphatic heterocycles. The third kappa shape index (κ3) is 4.82. The summed E-state index contributed by atoms with van der Waals surface area (Å²) in [5.74, 6) is 0.858. The van der Waals surface area contributed by atoms with Crippen molar-refractivity contribution in [3.8, 4) is 5.75 Å². The van der Waals surface area contributed by atoms with E-state index in [1.54, 1.807) is 0 Å². The van der Waals surface area contributed by atoms with E-state index in [0.29, 0.717) is 19.6 Å². The summed E-state index contributed by atoms with van der Waals surface area (Å²) < 4.78 is 5.58. The highest BCUT2D eigenvalue weighted by molar-refractivity contribution is 5.28. The lowest BCUT2D eigenvalue weighted by Crippen LogP contribution is -2.50. The van der Waals surface area contributed by atoms with Crippen molar-refractivity contribution in [1.82, 2.24) is 5.32 Å². The number of hydrogen-bond acceptors (Lipinski definition) is 4. The molecule has 0 atom stereocenters. The van der Waals surface area contributed by atoms with E-state index in [4.69, 9.17) is 4.74 Å². The fourth-order valence-corrected chi connectivity index (χ4v) is 1.77. The van der Waals surface area contributed by atoms with E-state index in [1.807, 2.05) is 31.2 Å². The molecule has 0 aliphatic rings. The number of hydrogen-bond donors (Lipinski definition) is 3. The first-order valence-electron chi connectivity index (χ1n) is 6.88. The van der Waals surface area contributed by atoms with Crippen molar-refractivity contribution in [3.63, 3.8) is 0 Å². The van der Waals surface area contributed by atoms with E-state index >= 15 is 0 Å². The van der Waals surface area contributed by atoms with Gasteiger partial charge in [0.1, 0.15) is 5.75 Å². The predicted octanol–water partition coefficient (Wildman–Crippen LogP) is 1.70. The third-order valence-electron chi connectivity index (χ3n) is 3.32. The molecule has 4 heteroatoms. The normalized spacial score (nSPS) is 11.6. The number of nitrogens with one attached hydrogen (secondary N) is 1. The van der Waals surface area contributed by atoms with Crippen molar-refractivity contribution in [3.05, 3.63) is 29.8 Å². The molecule has 108 valence electrons. The fourth-order valence-electron chi connectivity index (χ4n) is 1.77. The highest BCUT2D eigenvalue weighted by Crippen LogP contribution is 2.15. The topological polar surface area (TPSA) is 61.7 Å². The Labute approximate surface area is 115 Å². The molecule has 4 nitrogen and oxygen atoms in total. The van der Waals surface area contributed by atoms with E-state index in [9.17, 15) is 10.2 Å². The Hall–Kier alpha value is -1.10. The minimum Gasteiger partial charge on any atom is -0.494 e. The molecule has 1 rings (SSSR count). The van der Waals surface area contributed by atoms with Crippen LogP contribution in [0.3, 0.4) is 0 Å². The Morgan fingerprint density at radius 3 is 2.53 bits per heavy atom. The van der Waals surface area contributed by atoms with E-state index in [2.05, 4.69) is 12.2 Å². The van der Waals surface area contributed by atoms with E-state index < -0.39 is 5.54 Å². The lowest BCUT2D eigenvalue weighted by atomic mass is 9.98. The first-order chi connectivity index (χ1) is 9.19. The van der Waals surface area contributed by atoms with Crippen LogP contribution >= 0.6 is 0 Å². The molecule has 0 unspecified atom stereocenters. The quantitative estimate of drug-likeness (QED) is 0.637. The molecule has 0 saturated heterocycles. The standard InChI is InChI=1S/C15H25NO3/c1-3-8-19-14-7-5-6-13(9-14)10-16-15(4-2,11-17)12-18/h5-7,9,16-18H,3-4,8,10-12H2,1-2H3. The summed E-state index contributed by atoms with van der Waals surface area (Å²) in [4.78, 5) is 0. The van der Waals surface area contributed by atoms with Crippen LogP contribution in [0.25, 0.3) is 0 Å². The van der Waals surface area contributed by atoms with Crippen molar-refractivity contribution < 1.29 is 14.9 Å². The number of rotatable bonds is 9. The van der Waals surface area contributed by atoms with Crippen LogP contribution in [-0.2, 0) is 6.54 Å². The second-order valence-electron chi connectivity index (χ2n) is 4.80. The fraction of sp³-hybridized carbons (Fsp3) is 0.600. The molecule has 19 heavy (non-hydrogen) atoms. The molecule has 0 saturated carbocycles. The summed E-state index contributed by atoms with van der Waals surface area (Å²) in [6.07, 6.45) is 1.66. The monoisotopic (exact) mass is 267 g/mol. The van der Waals surface area contributed by atoms with Crippen molar-refractivity contribution >= 4 is 0 Å². The average Bonchev–Trinajstić information content (AvgIpc) is 2.47. The number of aliphatic hydroxyl groups is 2. The maximum absolute atomic E-state index is 9.38. The van der Waals surface area contributed by atoms with Gasteiger partial charge in [0.2, 0.25) is 0 Å². The molecule has 0 heterocycles. The number of ether oxygens (including phenoxy) is 1. The summed E-state index contributed by atoms with van der Waals surface area (Å²) in [5, 5.41) is 22.0. The Morgan fingerprint density at radius 1 is 1.21 bits per heavy atom. The molecule has 0 aromatic heterocycles. The predicted molar refractivity (Wildman–Crippen MR) is 76.3 cm³/mol. The van der Waals surface area contributed by atoms with Crippen LogP contribution in [0.15, 0.2) is 24.3 Å². The van der Waals surface area contributed by atoms with Crippen LogP contribution in [0, 0.1) is 0 Å². The summed E-state index contributed by atoms with van der Waals surface area (Å²) in [6.45, 7) is 5.17. The van der Waals surface area contributed by atoms with Crippen LogP contribution in [0.2, 0.25) is 0 Å². The maximum atomic E-state index is 9.38. The van der Waals surface area contributed by atoms with Gasteiger partial charge in [-0.2, -0.15) is 0 Å². The first-order valence-corrected chi connectivity index (χ1v) is 6.88. The second kappa shape index (κ2) is 8.15. The van der Waals surface area contributed by atoms with Gasteiger partial charge in [0.25, 0.3) is 0 Å². The molecular weight excluding hydrogens is 242 g/mol. The van der Waals surface area contributed by atoms with Gasteiger partial charge >= 0.3 is 0 Å². The Morgan fingerprint density at radius 2 is 1.95 bits per heavy atom. The molecule has 3 N–H and O–H groups in total. The third-order valence-corrected chi connectivity index (χ3v) is 3.32. The van der Waals surface area contributed by atoms with Crippen LogP contribution in [-0.4, -0.2) is 35.6 Å². The Balaban J connectivity index is 2.61. The highest BCUT2D eigenvalue weighted by Gasteiger charge is 2.25. The van der Waals surface area contributed by atoms with Gasteiger partial charge in [-0.05, 0) is 30.5 Å². The largest absolute Gasteiger partial charge is 0.494 e. The molecule has 1 aromatic carbocycles. The van der Waals surface area contributed by atoms with Gasteiger partial charge in [-0.15, -0.1) is 0 Å². The Kier molecular flexibility index (Phi) is 6.84. The van der Waals surface area contributed by atoms with E-state index in [-0.39, 0.29) is 13.2 Å². The second-order valence-corrected chi connectivity index (χ2v) is 4.80. The van der Waals surface area contributed by atoms with Crippen LogP contribution in [0.1, 0.15) is 32.3 Å². The number of benzene rings is 1. The Bertz CT molecular complexity index is 356. The molecule has 0 amide bonds. The molecule has 0 aliphatic carbocycles. The summed E-state index contributed by atoms with van der Waals surface area (Å²) >= 11 is 0. The van der Waals surface area contributed by atoms with Gasteiger partial charge in [0.05, 0.1) is 25.4 Å². The highest BCUT2D eigenvalue weighted by atomic mass is 16.5. The van der Waals surface area contributed by atoms with Crippen molar-refractivity contribution in [2.45, 2.75) is 38.8 Å². The van der Waals surface area contributed by atoms with Gasteiger partial charge in [-0.1, -0.05) is 26.0 Å². The lowest BCUT2D eigenvalue weighted by molar-refractivity contribution is 0.0864. The summed E-state index contributed by atoms with van der Waals surface area (Å²) in [7, 11) is 0. The van der Waals surface area contributed by atoms with Crippen molar-refractivity contribution in [2.24, 2.45) is 0 Å². The molecule has 0 spiro atoms. The first kappa shape index (κ1) is 16.0. The summed E-state index contributed by atoms with van der Waals surface area (Å²) in [6, 6.07) is 7.87. The van der Waals surface area contributed by atoms with Crippen LogP contribution in [0.4, 0.5) is 0 Å². The summed E-state index contributed by atoms with van der Waals surface area (Å²) in [5.41, 5.74) is 0.466. The smallest absolute Gasteiger partial charge is 0.119 e.